The van der Waals surface area contributed by atoms with E-state index in [-0.39, 0.29) is 0 Å². The van der Waals surface area contributed by atoms with Gasteiger partial charge < -0.3 is 15.2 Å². The molecule has 24 heavy (non-hydrogen) atoms. The van der Waals surface area contributed by atoms with Gasteiger partial charge in [0.1, 0.15) is 0 Å². The maximum atomic E-state index is 5.11. The lowest BCUT2D eigenvalue weighted by Crippen LogP contribution is -2.39. The molecule has 0 atom stereocenters. The number of nitrogens with zero attached hydrogens (tertiary/aromatic N) is 4. The van der Waals surface area contributed by atoms with E-state index in [1.807, 2.05) is 6.92 Å². The van der Waals surface area contributed by atoms with Gasteiger partial charge in [-0.2, -0.15) is 4.98 Å². The summed E-state index contributed by atoms with van der Waals surface area (Å²) in [5, 5.41) is 10.4. The van der Waals surface area contributed by atoms with E-state index in [1.54, 1.807) is 0 Å². The van der Waals surface area contributed by atoms with E-state index in [9.17, 15) is 0 Å². The maximum absolute atomic E-state index is 5.11. The highest BCUT2D eigenvalue weighted by Gasteiger charge is 2.12. The minimum Gasteiger partial charge on any atom is -0.357 e. The van der Waals surface area contributed by atoms with E-state index in [0.29, 0.717) is 30.2 Å². The Balaban J connectivity index is 2.36. The van der Waals surface area contributed by atoms with Crippen LogP contribution in [0.1, 0.15) is 52.8 Å². The molecule has 1 aromatic heterocycles. The lowest BCUT2D eigenvalue weighted by Gasteiger charge is -2.30. The fourth-order valence-electron chi connectivity index (χ4n) is 2.63. The number of aryl methyl sites for hydroxylation is 1. The molecule has 0 amide bonds. The van der Waals surface area contributed by atoms with E-state index >= 15 is 0 Å². The third kappa shape index (κ3) is 7.77. The number of rotatable bonds is 10. The van der Waals surface area contributed by atoms with Gasteiger partial charge in [0.2, 0.25) is 5.89 Å². The van der Waals surface area contributed by atoms with E-state index in [2.05, 4.69) is 65.3 Å². The van der Waals surface area contributed by atoms with Gasteiger partial charge in [0.25, 0.3) is 0 Å². The predicted molar refractivity (Wildman–Crippen MR) is 98.3 cm³/mol. The van der Waals surface area contributed by atoms with Crippen LogP contribution in [0.5, 0.6) is 0 Å². The number of hydrogen-bond donors (Lipinski definition) is 2. The molecule has 0 aliphatic rings. The number of nitrogens with one attached hydrogen (secondary N) is 2. The van der Waals surface area contributed by atoms with Gasteiger partial charge in [0.05, 0.1) is 0 Å². The summed E-state index contributed by atoms with van der Waals surface area (Å²) in [5.74, 6) is 2.17. The van der Waals surface area contributed by atoms with Crippen LogP contribution in [-0.4, -0.2) is 59.3 Å². The molecule has 1 aromatic rings. The lowest BCUT2D eigenvalue weighted by molar-refractivity contribution is 0.174. The van der Waals surface area contributed by atoms with Gasteiger partial charge in [-0.1, -0.05) is 5.16 Å². The van der Waals surface area contributed by atoms with Gasteiger partial charge in [0, 0.05) is 44.7 Å². The van der Waals surface area contributed by atoms with Crippen LogP contribution in [0.15, 0.2) is 9.52 Å². The number of hydrogen-bond acceptors (Lipinski definition) is 5. The molecule has 0 bridgehead atoms. The highest BCUT2D eigenvalue weighted by molar-refractivity contribution is 5.79. The molecule has 0 unspecified atom stereocenters. The standard InChI is InChI=1S/C17H34N6O/c1-7-18-17(20-11-9-16-21-15(6)22-24-16)19-10-8-12-23(13(2)3)14(4)5/h13-14H,7-12H2,1-6H3,(H2,18,19,20). The molecule has 0 aromatic carbocycles. The molecule has 7 nitrogen and oxygen atoms in total. The SMILES string of the molecule is CCNC(=NCCCN(C(C)C)C(C)C)NCCc1nc(C)no1. The second-order valence-corrected chi connectivity index (χ2v) is 6.45. The van der Waals surface area contributed by atoms with Crippen molar-refractivity contribution in [1.29, 1.82) is 0 Å². The van der Waals surface area contributed by atoms with Crippen molar-refractivity contribution in [3.8, 4) is 0 Å². The Morgan fingerprint density at radius 2 is 1.92 bits per heavy atom. The van der Waals surface area contributed by atoms with Crippen LogP contribution in [0.25, 0.3) is 0 Å². The third-order valence-corrected chi connectivity index (χ3v) is 3.72. The van der Waals surface area contributed by atoms with Crippen LogP contribution in [-0.2, 0) is 6.42 Å². The summed E-state index contributed by atoms with van der Waals surface area (Å²) < 4.78 is 5.11. The molecule has 0 saturated carbocycles. The highest BCUT2D eigenvalue weighted by atomic mass is 16.5. The summed E-state index contributed by atoms with van der Waals surface area (Å²) in [4.78, 5) is 11.3. The van der Waals surface area contributed by atoms with Crippen molar-refractivity contribution in [2.24, 2.45) is 4.99 Å². The quantitative estimate of drug-likeness (QED) is 0.386. The Bertz CT molecular complexity index is 475. The second-order valence-electron chi connectivity index (χ2n) is 6.45. The summed E-state index contributed by atoms with van der Waals surface area (Å²) >= 11 is 0. The third-order valence-electron chi connectivity index (χ3n) is 3.72. The normalized spacial score (nSPS) is 12.5. The molecule has 1 rings (SSSR count). The van der Waals surface area contributed by atoms with Crippen LogP contribution in [0.4, 0.5) is 0 Å². The predicted octanol–water partition coefficient (Wildman–Crippen LogP) is 1.98. The number of aromatic nitrogens is 2. The van der Waals surface area contributed by atoms with Gasteiger partial charge in [-0.15, -0.1) is 0 Å². The van der Waals surface area contributed by atoms with Crippen LogP contribution in [0.2, 0.25) is 0 Å². The lowest BCUT2D eigenvalue weighted by atomic mass is 10.2. The molecule has 1 heterocycles. The second kappa shape index (κ2) is 11.0. The van der Waals surface area contributed by atoms with Gasteiger partial charge in [-0.3, -0.25) is 9.89 Å². The van der Waals surface area contributed by atoms with Crippen LogP contribution >= 0.6 is 0 Å². The summed E-state index contributed by atoms with van der Waals surface area (Å²) in [6.45, 7) is 16.3. The minimum absolute atomic E-state index is 0.568. The van der Waals surface area contributed by atoms with Crippen molar-refractivity contribution in [3.63, 3.8) is 0 Å². The van der Waals surface area contributed by atoms with Crippen LogP contribution in [0.3, 0.4) is 0 Å². The number of aliphatic imine (C=N–C) groups is 1. The van der Waals surface area contributed by atoms with Crippen molar-refractivity contribution in [3.05, 3.63) is 11.7 Å². The topological polar surface area (TPSA) is 78.6 Å². The van der Waals surface area contributed by atoms with Crippen molar-refractivity contribution >= 4 is 5.96 Å². The molecule has 7 heteroatoms. The molecule has 2 N–H and O–H groups in total. The van der Waals surface area contributed by atoms with Gasteiger partial charge in [-0.05, 0) is 48.0 Å². The van der Waals surface area contributed by atoms with Gasteiger partial charge in [-0.25, -0.2) is 0 Å². The molecule has 0 aliphatic heterocycles. The van der Waals surface area contributed by atoms with Gasteiger partial charge >= 0.3 is 0 Å². The van der Waals surface area contributed by atoms with E-state index in [1.165, 1.54) is 0 Å². The van der Waals surface area contributed by atoms with Crippen molar-refractivity contribution in [1.82, 2.24) is 25.7 Å². The Kier molecular flexibility index (Phi) is 9.37. The molecule has 0 fully saturated rings. The summed E-state index contributed by atoms with van der Waals surface area (Å²) in [5.41, 5.74) is 0. The zero-order chi connectivity index (χ0) is 17.9. The van der Waals surface area contributed by atoms with Gasteiger partial charge in [0.15, 0.2) is 11.8 Å². The van der Waals surface area contributed by atoms with E-state index in [4.69, 9.17) is 4.52 Å². The minimum atomic E-state index is 0.568. The van der Waals surface area contributed by atoms with Crippen LogP contribution in [0, 0.1) is 6.92 Å². The van der Waals surface area contributed by atoms with E-state index < -0.39 is 0 Å². The summed E-state index contributed by atoms with van der Waals surface area (Å²) in [7, 11) is 0. The fourth-order valence-corrected chi connectivity index (χ4v) is 2.63. The molecule has 0 radical (unpaired) electrons. The first kappa shape index (κ1) is 20.4. The smallest absolute Gasteiger partial charge is 0.228 e. The van der Waals surface area contributed by atoms with Crippen molar-refractivity contribution < 1.29 is 4.52 Å². The zero-order valence-corrected chi connectivity index (χ0v) is 16.1. The average molecular weight is 339 g/mol. The first-order valence-corrected chi connectivity index (χ1v) is 9.01. The first-order chi connectivity index (χ1) is 11.4. The molecule has 0 saturated heterocycles. The van der Waals surface area contributed by atoms with Crippen molar-refractivity contribution in [2.45, 2.75) is 66.5 Å². The van der Waals surface area contributed by atoms with Crippen LogP contribution < -0.4 is 10.6 Å². The van der Waals surface area contributed by atoms with E-state index in [0.717, 1.165) is 38.6 Å². The van der Waals surface area contributed by atoms with Crippen molar-refractivity contribution in [2.75, 3.05) is 26.2 Å². The Hall–Kier alpha value is -1.63. The molecular formula is C17H34N6O. The average Bonchev–Trinajstić information content (AvgIpc) is 2.91. The molecule has 0 aliphatic carbocycles. The molecular weight excluding hydrogens is 304 g/mol. The number of guanidine groups is 1. The fraction of sp³-hybridized carbons (Fsp3) is 0.824. The molecule has 138 valence electrons. The highest BCUT2D eigenvalue weighted by Crippen LogP contribution is 2.05. The molecule has 0 spiro atoms. The summed E-state index contributed by atoms with van der Waals surface area (Å²) in [6, 6.07) is 1.14. The maximum Gasteiger partial charge on any atom is 0.228 e. The Morgan fingerprint density at radius 1 is 1.21 bits per heavy atom. The zero-order valence-electron chi connectivity index (χ0n) is 16.1. The monoisotopic (exact) mass is 338 g/mol. The Morgan fingerprint density at radius 3 is 2.46 bits per heavy atom. The first-order valence-electron chi connectivity index (χ1n) is 9.01. The Labute approximate surface area is 146 Å². The summed E-state index contributed by atoms with van der Waals surface area (Å²) in [6.07, 6.45) is 1.75. The largest absolute Gasteiger partial charge is 0.357 e.